The Kier molecular flexibility index (Phi) is 6.49. The van der Waals surface area contributed by atoms with Crippen molar-refractivity contribution in [2.45, 2.75) is 38.2 Å². The first-order valence-electron chi connectivity index (χ1n) is 9.15. The van der Waals surface area contributed by atoms with E-state index in [0.29, 0.717) is 29.9 Å². The molecule has 0 unspecified atom stereocenters. The molecular formula is C20H23N3O4S2. The van der Waals surface area contributed by atoms with Crippen LogP contribution in [0.2, 0.25) is 0 Å². The first kappa shape index (κ1) is 21.2. The highest BCUT2D eigenvalue weighted by atomic mass is 32.2. The summed E-state index contributed by atoms with van der Waals surface area (Å²) in [6, 6.07) is 4.60. The summed E-state index contributed by atoms with van der Waals surface area (Å²) in [5, 5.41) is 22.0. The number of hydrogen-bond acceptors (Lipinski definition) is 7. The fourth-order valence-electron chi connectivity index (χ4n) is 2.85. The van der Waals surface area contributed by atoms with Gasteiger partial charge in [0.15, 0.2) is 11.5 Å². The summed E-state index contributed by atoms with van der Waals surface area (Å²) in [5.41, 5.74) is 1.65. The Morgan fingerprint density at radius 3 is 2.79 bits per heavy atom. The lowest BCUT2D eigenvalue weighted by Crippen LogP contribution is -2.32. The first-order valence-corrected chi connectivity index (χ1v) is 11.0. The summed E-state index contributed by atoms with van der Waals surface area (Å²) >= 11 is 2.91. The van der Waals surface area contributed by atoms with E-state index < -0.39 is 0 Å². The van der Waals surface area contributed by atoms with Gasteiger partial charge in [0.2, 0.25) is 5.91 Å². The van der Waals surface area contributed by atoms with Crippen LogP contribution in [-0.4, -0.2) is 37.9 Å². The number of phenolic OH excluding ortho intramolecular Hbond substituents is 2. The topological polar surface area (TPSA) is 115 Å². The van der Waals surface area contributed by atoms with E-state index in [1.54, 1.807) is 6.07 Å². The lowest BCUT2D eigenvalue weighted by molar-refractivity contribution is -0.120. The molecule has 29 heavy (non-hydrogen) atoms. The van der Waals surface area contributed by atoms with Crippen LogP contribution in [0.25, 0.3) is 10.2 Å². The molecule has 0 aliphatic heterocycles. The van der Waals surface area contributed by atoms with E-state index in [1.807, 2.05) is 20.8 Å². The number of H-pyrrole nitrogens is 1. The molecule has 1 aromatic carbocycles. The molecule has 3 rings (SSSR count). The van der Waals surface area contributed by atoms with Crippen molar-refractivity contribution in [2.75, 3.05) is 6.54 Å². The molecule has 0 radical (unpaired) electrons. The highest BCUT2D eigenvalue weighted by Crippen LogP contribution is 2.27. The summed E-state index contributed by atoms with van der Waals surface area (Å²) < 4.78 is 0. The fourth-order valence-corrected chi connectivity index (χ4v) is 4.67. The molecule has 1 amide bonds. The minimum Gasteiger partial charge on any atom is -0.504 e. The molecule has 0 spiro atoms. The van der Waals surface area contributed by atoms with Crippen molar-refractivity contribution in [3.63, 3.8) is 0 Å². The van der Waals surface area contributed by atoms with Gasteiger partial charge in [-0.1, -0.05) is 6.07 Å². The number of thiophene rings is 1. The van der Waals surface area contributed by atoms with E-state index in [-0.39, 0.29) is 28.2 Å². The van der Waals surface area contributed by atoms with Crippen molar-refractivity contribution in [3.8, 4) is 11.5 Å². The van der Waals surface area contributed by atoms with Gasteiger partial charge in [0.05, 0.1) is 16.4 Å². The highest BCUT2D eigenvalue weighted by molar-refractivity contribution is 7.99. The van der Waals surface area contributed by atoms with Gasteiger partial charge in [-0.3, -0.25) is 9.59 Å². The van der Waals surface area contributed by atoms with E-state index in [2.05, 4.69) is 15.3 Å². The number of aromatic nitrogens is 2. The van der Waals surface area contributed by atoms with Crippen molar-refractivity contribution in [1.29, 1.82) is 0 Å². The molecule has 0 saturated heterocycles. The number of amides is 1. The molecule has 0 bridgehead atoms. The maximum absolute atomic E-state index is 12.3. The van der Waals surface area contributed by atoms with Gasteiger partial charge in [0.25, 0.3) is 5.56 Å². The average Bonchev–Trinajstić information content (AvgIpc) is 2.96. The van der Waals surface area contributed by atoms with Crippen molar-refractivity contribution in [1.82, 2.24) is 15.3 Å². The number of fused-ring (bicyclic) bond motifs is 1. The second kappa shape index (κ2) is 8.87. The van der Waals surface area contributed by atoms with E-state index >= 15 is 0 Å². The second-order valence-corrected chi connectivity index (χ2v) is 9.33. The number of carbonyl (C=O) groups excluding carboxylic acids is 1. The van der Waals surface area contributed by atoms with Gasteiger partial charge in [-0.15, -0.1) is 23.1 Å². The number of thioether (sulfide) groups is 1. The van der Waals surface area contributed by atoms with Gasteiger partial charge in [-0.25, -0.2) is 4.98 Å². The Balaban J connectivity index is 1.52. The SMILES string of the molecule is Cc1sc2nc(CS[C@H](C)C(=O)NCCc3ccc(O)c(O)c3)[nH]c(=O)c2c1C. The van der Waals surface area contributed by atoms with Crippen LogP contribution < -0.4 is 10.9 Å². The summed E-state index contributed by atoms with van der Waals surface area (Å²) in [4.78, 5) is 33.8. The van der Waals surface area contributed by atoms with Crippen molar-refractivity contribution < 1.29 is 15.0 Å². The Morgan fingerprint density at radius 1 is 1.31 bits per heavy atom. The van der Waals surface area contributed by atoms with Crippen LogP contribution in [0, 0.1) is 13.8 Å². The van der Waals surface area contributed by atoms with E-state index in [0.717, 1.165) is 20.8 Å². The number of nitrogens with one attached hydrogen (secondary N) is 2. The molecule has 154 valence electrons. The van der Waals surface area contributed by atoms with E-state index in [1.165, 1.54) is 35.2 Å². The molecule has 0 aliphatic rings. The average molecular weight is 434 g/mol. The third kappa shape index (κ3) is 4.91. The van der Waals surface area contributed by atoms with Crippen LogP contribution in [-0.2, 0) is 17.0 Å². The summed E-state index contributed by atoms with van der Waals surface area (Å²) in [5.74, 6) is 0.548. The van der Waals surface area contributed by atoms with Crippen LogP contribution in [0.5, 0.6) is 11.5 Å². The third-order valence-corrected chi connectivity index (χ3v) is 6.94. The number of benzene rings is 1. The zero-order chi connectivity index (χ0) is 21.1. The number of aryl methyl sites for hydroxylation is 2. The van der Waals surface area contributed by atoms with Gasteiger partial charge >= 0.3 is 0 Å². The van der Waals surface area contributed by atoms with Gasteiger partial charge in [0.1, 0.15) is 10.7 Å². The molecule has 4 N–H and O–H groups in total. The monoisotopic (exact) mass is 433 g/mol. The summed E-state index contributed by atoms with van der Waals surface area (Å²) in [6.45, 7) is 6.12. The minimum absolute atomic E-state index is 0.107. The number of rotatable bonds is 7. The molecular weight excluding hydrogens is 410 g/mol. The van der Waals surface area contributed by atoms with Crippen LogP contribution in [0.1, 0.15) is 28.8 Å². The predicted molar refractivity (Wildman–Crippen MR) is 117 cm³/mol. The van der Waals surface area contributed by atoms with Crippen LogP contribution in [0.15, 0.2) is 23.0 Å². The molecule has 7 nitrogen and oxygen atoms in total. The molecule has 2 aromatic heterocycles. The standard InChI is InChI=1S/C20H23N3O4S2/c1-10-11(2)29-20-17(10)19(27)22-16(23-20)9-28-12(3)18(26)21-7-6-13-4-5-14(24)15(25)8-13/h4-5,8,12,24-25H,6-7,9H2,1-3H3,(H,21,26)(H,22,23,27)/t12-/m1/s1. The molecule has 0 aliphatic carbocycles. The quantitative estimate of drug-likeness (QED) is 0.426. The minimum atomic E-state index is -0.309. The number of phenols is 2. The van der Waals surface area contributed by atoms with Gasteiger partial charge in [0, 0.05) is 11.4 Å². The largest absolute Gasteiger partial charge is 0.504 e. The fraction of sp³-hybridized carbons (Fsp3) is 0.350. The molecule has 9 heteroatoms. The number of aromatic hydroxyl groups is 2. The first-order chi connectivity index (χ1) is 13.8. The molecule has 0 fully saturated rings. The second-order valence-electron chi connectivity index (χ2n) is 6.79. The Bertz CT molecular complexity index is 1110. The lowest BCUT2D eigenvalue weighted by Gasteiger charge is -2.12. The van der Waals surface area contributed by atoms with Crippen LogP contribution in [0.3, 0.4) is 0 Å². The lowest BCUT2D eigenvalue weighted by atomic mass is 10.1. The van der Waals surface area contributed by atoms with Crippen LogP contribution >= 0.6 is 23.1 Å². The predicted octanol–water partition coefficient (Wildman–Crippen LogP) is 2.99. The number of hydrogen-bond donors (Lipinski definition) is 4. The molecule has 1 atom stereocenters. The molecule has 0 saturated carbocycles. The molecule has 2 heterocycles. The van der Waals surface area contributed by atoms with Crippen molar-refractivity contribution >= 4 is 39.2 Å². The zero-order valence-electron chi connectivity index (χ0n) is 16.4. The number of carbonyl (C=O) groups is 1. The Morgan fingerprint density at radius 2 is 2.07 bits per heavy atom. The number of aromatic amines is 1. The number of nitrogens with zero attached hydrogens (tertiary/aromatic N) is 1. The smallest absolute Gasteiger partial charge is 0.259 e. The maximum Gasteiger partial charge on any atom is 0.259 e. The van der Waals surface area contributed by atoms with E-state index in [9.17, 15) is 19.8 Å². The summed E-state index contributed by atoms with van der Waals surface area (Å²) in [7, 11) is 0. The Labute approximate surface area is 176 Å². The zero-order valence-corrected chi connectivity index (χ0v) is 18.0. The van der Waals surface area contributed by atoms with Crippen molar-refractivity contribution in [3.05, 3.63) is 50.4 Å². The summed E-state index contributed by atoms with van der Waals surface area (Å²) in [6.07, 6.45) is 0.541. The van der Waals surface area contributed by atoms with Crippen LogP contribution in [0.4, 0.5) is 0 Å². The normalized spacial score (nSPS) is 12.2. The van der Waals surface area contributed by atoms with Gasteiger partial charge in [-0.05, 0) is 50.5 Å². The Hall–Kier alpha value is -2.52. The van der Waals surface area contributed by atoms with Gasteiger partial charge < -0.3 is 20.5 Å². The molecule has 3 aromatic rings. The highest BCUT2D eigenvalue weighted by Gasteiger charge is 2.16. The maximum atomic E-state index is 12.3. The van der Waals surface area contributed by atoms with Crippen molar-refractivity contribution in [2.24, 2.45) is 0 Å². The third-order valence-electron chi connectivity index (χ3n) is 4.68. The van der Waals surface area contributed by atoms with Gasteiger partial charge in [-0.2, -0.15) is 0 Å². The van der Waals surface area contributed by atoms with E-state index in [4.69, 9.17) is 0 Å².